The molecule has 0 unspecified atom stereocenters. The second kappa shape index (κ2) is 7.03. The van der Waals surface area contributed by atoms with E-state index < -0.39 is 43.0 Å². The fourth-order valence-electron chi connectivity index (χ4n) is 2.26. The number of carbonyl (C=O) groups excluding carboxylic acids is 1. The number of hydrogen-bond donors (Lipinski definition) is 6. The van der Waals surface area contributed by atoms with Gasteiger partial charge in [0.15, 0.2) is 0 Å². The molecule has 1 saturated heterocycles. The Labute approximate surface area is 126 Å². The van der Waals surface area contributed by atoms with Gasteiger partial charge in [-0.1, -0.05) is 0 Å². The van der Waals surface area contributed by atoms with Gasteiger partial charge in [0.25, 0.3) is 5.91 Å². The number of hydrogen-bond acceptors (Lipinski definition) is 7. The maximum atomic E-state index is 11.9. The first kappa shape index (κ1) is 16.7. The van der Waals surface area contributed by atoms with Crippen molar-refractivity contribution in [1.82, 2.24) is 5.32 Å². The van der Waals surface area contributed by atoms with Crippen molar-refractivity contribution in [3.05, 3.63) is 29.8 Å². The molecule has 0 aromatic heterocycles. The zero-order chi connectivity index (χ0) is 16.3. The zero-order valence-electron chi connectivity index (χ0n) is 11.7. The second-order valence-corrected chi connectivity index (χ2v) is 5.12. The normalized spacial score (nSPS) is 31.7. The number of nitrogens with one attached hydrogen (secondary N) is 1. The van der Waals surface area contributed by atoms with Gasteiger partial charge in [0.2, 0.25) is 0 Å². The molecule has 0 spiro atoms. The fourth-order valence-corrected chi connectivity index (χ4v) is 2.26. The van der Waals surface area contributed by atoms with Crippen LogP contribution in [0.5, 0.6) is 5.75 Å². The van der Waals surface area contributed by atoms with Gasteiger partial charge in [0.05, 0.1) is 6.61 Å². The highest BCUT2D eigenvalue weighted by Crippen LogP contribution is 2.20. The lowest BCUT2D eigenvalue weighted by Crippen LogP contribution is -2.60. The zero-order valence-corrected chi connectivity index (χ0v) is 11.7. The molecule has 1 aromatic carbocycles. The van der Waals surface area contributed by atoms with Gasteiger partial charge in [-0.3, -0.25) is 4.79 Å². The van der Waals surface area contributed by atoms with E-state index in [-0.39, 0.29) is 12.3 Å². The molecule has 6 N–H and O–H groups in total. The molecule has 0 bridgehead atoms. The topological polar surface area (TPSA) is 139 Å². The van der Waals surface area contributed by atoms with E-state index in [1.54, 1.807) is 0 Å². The van der Waals surface area contributed by atoms with Gasteiger partial charge in [-0.25, -0.2) is 0 Å². The molecule has 1 heterocycles. The maximum absolute atomic E-state index is 11.9. The number of phenols is 1. The Morgan fingerprint density at radius 1 is 1.05 bits per heavy atom. The van der Waals surface area contributed by atoms with Crippen molar-refractivity contribution in [2.75, 3.05) is 13.2 Å². The first-order chi connectivity index (χ1) is 10.4. The van der Waals surface area contributed by atoms with Crippen molar-refractivity contribution >= 4 is 5.91 Å². The van der Waals surface area contributed by atoms with E-state index in [1.807, 2.05) is 0 Å². The predicted molar refractivity (Wildman–Crippen MR) is 74.2 cm³/mol. The minimum atomic E-state index is -1.47. The lowest BCUT2D eigenvalue weighted by molar-refractivity contribution is -0.227. The summed E-state index contributed by atoms with van der Waals surface area (Å²) in [6.07, 6.45) is -6.26. The Hall–Kier alpha value is -1.71. The van der Waals surface area contributed by atoms with E-state index >= 15 is 0 Å². The van der Waals surface area contributed by atoms with Crippen LogP contribution in [0.15, 0.2) is 24.3 Å². The Morgan fingerprint density at radius 2 is 1.64 bits per heavy atom. The van der Waals surface area contributed by atoms with Crippen LogP contribution in [-0.2, 0) is 4.74 Å². The van der Waals surface area contributed by atoms with E-state index in [1.165, 1.54) is 24.3 Å². The second-order valence-electron chi connectivity index (χ2n) is 5.12. The molecule has 1 aliphatic heterocycles. The number of carbonyl (C=O) groups is 1. The molecule has 5 atom stereocenters. The van der Waals surface area contributed by atoms with Crippen molar-refractivity contribution in [2.45, 2.75) is 30.5 Å². The Balaban J connectivity index is 1.95. The maximum Gasteiger partial charge on any atom is 0.251 e. The molecule has 1 amide bonds. The molecule has 1 aliphatic rings. The highest BCUT2D eigenvalue weighted by atomic mass is 16.5. The molecule has 2 rings (SSSR count). The monoisotopic (exact) mass is 313 g/mol. The van der Waals surface area contributed by atoms with Crippen LogP contribution in [0.4, 0.5) is 0 Å². The number of aromatic hydroxyl groups is 1. The number of phenolic OH excluding ortho intramolecular Hbond substituents is 1. The third kappa shape index (κ3) is 3.54. The molecule has 122 valence electrons. The molecule has 0 saturated carbocycles. The van der Waals surface area contributed by atoms with Gasteiger partial charge in [0.1, 0.15) is 36.3 Å². The summed E-state index contributed by atoms with van der Waals surface area (Å²) < 4.78 is 5.27. The molecule has 0 radical (unpaired) electrons. The molecule has 8 heteroatoms. The SMILES string of the molecule is O=C(NC[C@@H]1O[C@H](CO)[C@@H](O)[C@H](O)[C@H]1O)c1ccc(O)cc1. The summed E-state index contributed by atoms with van der Waals surface area (Å²) >= 11 is 0. The number of aliphatic hydroxyl groups is 4. The van der Waals surface area contributed by atoms with Crippen LogP contribution in [0.25, 0.3) is 0 Å². The first-order valence-corrected chi connectivity index (χ1v) is 6.81. The quantitative estimate of drug-likeness (QED) is 0.376. The van der Waals surface area contributed by atoms with Crippen LogP contribution in [0.1, 0.15) is 10.4 Å². The van der Waals surface area contributed by atoms with Gasteiger partial charge >= 0.3 is 0 Å². The summed E-state index contributed by atoms with van der Waals surface area (Å²) in [7, 11) is 0. The number of benzene rings is 1. The fraction of sp³-hybridized carbons (Fsp3) is 0.500. The van der Waals surface area contributed by atoms with E-state index in [9.17, 15) is 20.1 Å². The molecular formula is C14H19NO7. The molecular weight excluding hydrogens is 294 g/mol. The summed E-state index contributed by atoms with van der Waals surface area (Å²) in [5.41, 5.74) is 0.308. The van der Waals surface area contributed by atoms with Crippen LogP contribution in [-0.4, -0.2) is 75.1 Å². The third-order valence-electron chi connectivity index (χ3n) is 3.58. The molecule has 8 nitrogen and oxygen atoms in total. The number of amides is 1. The minimum Gasteiger partial charge on any atom is -0.508 e. The van der Waals surface area contributed by atoms with E-state index in [2.05, 4.69) is 5.32 Å². The average molecular weight is 313 g/mol. The minimum absolute atomic E-state index is 0.0329. The summed E-state index contributed by atoms with van der Waals surface area (Å²) in [6.45, 7) is -0.630. The number of aliphatic hydroxyl groups excluding tert-OH is 4. The van der Waals surface area contributed by atoms with E-state index in [4.69, 9.17) is 14.9 Å². The van der Waals surface area contributed by atoms with Gasteiger partial charge in [-0.2, -0.15) is 0 Å². The molecule has 22 heavy (non-hydrogen) atoms. The van der Waals surface area contributed by atoms with Crippen molar-refractivity contribution in [2.24, 2.45) is 0 Å². The van der Waals surface area contributed by atoms with Crippen LogP contribution in [0, 0.1) is 0 Å². The Morgan fingerprint density at radius 3 is 2.23 bits per heavy atom. The Kier molecular flexibility index (Phi) is 5.33. The van der Waals surface area contributed by atoms with Crippen molar-refractivity contribution in [3.8, 4) is 5.75 Å². The average Bonchev–Trinajstić information content (AvgIpc) is 2.52. The van der Waals surface area contributed by atoms with E-state index in [0.29, 0.717) is 5.56 Å². The number of ether oxygens (including phenoxy) is 1. The van der Waals surface area contributed by atoms with Crippen molar-refractivity contribution in [3.63, 3.8) is 0 Å². The van der Waals surface area contributed by atoms with Crippen LogP contribution >= 0.6 is 0 Å². The lowest BCUT2D eigenvalue weighted by Gasteiger charge is -2.40. The standard InChI is InChI=1S/C14H19NO7/c16-6-10-12(19)13(20)11(18)9(22-10)5-15-14(21)7-1-3-8(17)4-2-7/h1-4,9-13,16-20H,5-6H2,(H,15,21)/t9-,10+,11-,12+,13+/m0/s1. The lowest BCUT2D eigenvalue weighted by atomic mass is 9.95. The van der Waals surface area contributed by atoms with Gasteiger partial charge < -0.3 is 35.6 Å². The van der Waals surface area contributed by atoms with Gasteiger partial charge in [-0.05, 0) is 24.3 Å². The summed E-state index contributed by atoms with van der Waals surface area (Å²) in [6, 6.07) is 5.58. The molecule has 0 aliphatic carbocycles. The van der Waals surface area contributed by atoms with Crippen molar-refractivity contribution < 1.29 is 35.1 Å². The largest absolute Gasteiger partial charge is 0.508 e. The van der Waals surface area contributed by atoms with Crippen LogP contribution in [0.3, 0.4) is 0 Å². The van der Waals surface area contributed by atoms with E-state index in [0.717, 1.165) is 0 Å². The van der Waals surface area contributed by atoms with Gasteiger partial charge in [-0.15, -0.1) is 0 Å². The summed E-state index contributed by atoms with van der Waals surface area (Å²) in [4.78, 5) is 11.9. The Bertz CT molecular complexity index is 504. The van der Waals surface area contributed by atoms with Crippen molar-refractivity contribution in [1.29, 1.82) is 0 Å². The number of rotatable bonds is 4. The predicted octanol–water partition coefficient (Wildman–Crippen LogP) is -2.04. The van der Waals surface area contributed by atoms with Gasteiger partial charge in [0, 0.05) is 12.1 Å². The third-order valence-corrected chi connectivity index (χ3v) is 3.58. The first-order valence-electron chi connectivity index (χ1n) is 6.81. The highest BCUT2D eigenvalue weighted by molar-refractivity contribution is 5.94. The smallest absolute Gasteiger partial charge is 0.251 e. The highest BCUT2D eigenvalue weighted by Gasteiger charge is 2.43. The van der Waals surface area contributed by atoms with Crippen LogP contribution in [0.2, 0.25) is 0 Å². The summed E-state index contributed by atoms with van der Waals surface area (Å²) in [5.74, 6) is -0.414. The molecule has 1 aromatic rings. The summed E-state index contributed by atoms with van der Waals surface area (Å²) in [5, 5.41) is 49.9. The molecule has 1 fully saturated rings. The van der Waals surface area contributed by atoms with Crippen LogP contribution < -0.4 is 5.32 Å².